The number of aryl methyl sites for hydroxylation is 2. The molecule has 0 unspecified atom stereocenters. The third kappa shape index (κ3) is 2.66. The van der Waals surface area contributed by atoms with E-state index in [1.54, 1.807) is 18.3 Å². The quantitative estimate of drug-likeness (QED) is 0.532. The van der Waals surface area contributed by atoms with Crippen LogP contribution in [-0.4, -0.2) is 42.5 Å². The minimum absolute atomic E-state index is 0.120. The van der Waals surface area contributed by atoms with Gasteiger partial charge in [-0.3, -0.25) is 4.79 Å². The van der Waals surface area contributed by atoms with Crippen molar-refractivity contribution in [2.75, 3.05) is 6.61 Å². The molecule has 0 saturated heterocycles. The molecule has 0 aromatic carbocycles. The van der Waals surface area contributed by atoms with Gasteiger partial charge in [0.15, 0.2) is 6.61 Å². The summed E-state index contributed by atoms with van der Waals surface area (Å²) in [5.74, 6) is -0.824. The number of fused-ring (bicyclic) bond motifs is 1. The lowest BCUT2D eigenvalue weighted by Gasteiger charge is -2.03. The number of hydrogen-bond acceptors (Lipinski definition) is 6. The van der Waals surface area contributed by atoms with Crippen LogP contribution in [0.1, 0.15) is 38.1 Å². The van der Waals surface area contributed by atoms with E-state index in [2.05, 4.69) is 15.1 Å². The average molecular weight is 327 g/mol. The van der Waals surface area contributed by atoms with Crippen molar-refractivity contribution in [3.8, 4) is 0 Å². The zero-order valence-corrected chi connectivity index (χ0v) is 13.9. The molecular weight excluding hydrogens is 310 g/mol. The first-order valence-electron chi connectivity index (χ1n) is 7.40. The Hall–Kier alpha value is -3.03. The lowest BCUT2D eigenvalue weighted by molar-refractivity contribution is 0.0462. The van der Waals surface area contributed by atoms with E-state index >= 15 is 0 Å². The number of aromatic nitrogens is 5. The van der Waals surface area contributed by atoms with Crippen molar-refractivity contribution in [3.63, 3.8) is 0 Å². The maximum atomic E-state index is 12.2. The number of nitrogens with zero attached hydrogens (tertiary/aromatic N) is 5. The third-order valence-electron chi connectivity index (χ3n) is 4.02. The lowest BCUT2D eigenvalue weighted by Crippen LogP contribution is -2.16. The van der Waals surface area contributed by atoms with Crippen LogP contribution in [0, 0.1) is 20.8 Å². The van der Waals surface area contributed by atoms with Gasteiger partial charge in [-0.2, -0.15) is 4.98 Å². The smallest absolute Gasteiger partial charge is 0.378 e. The molecule has 0 saturated carbocycles. The summed E-state index contributed by atoms with van der Waals surface area (Å²) in [7, 11) is 1.88. The second-order valence-corrected chi connectivity index (χ2v) is 5.58. The van der Waals surface area contributed by atoms with Crippen molar-refractivity contribution in [3.05, 3.63) is 46.8 Å². The van der Waals surface area contributed by atoms with Gasteiger partial charge in [0.1, 0.15) is 0 Å². The van der Waals surface area contributed by atoms with Gasteiger partial charge in [-0.1, -0.05) is 0 Å². The van der Waals surface area contributed by atoms with Gasteiger partial charge in [0, 0.05) is 35.9 Å². The van der Waals surface area contributed by atoms with Crippen molar-refractivity contribution in [2.45, 2.75) is 20.8 Å². The molecular formula is C16H17N5O3. The highest BCUT2D eigenvalue weighted by Gasteiger charge is 2.19. The molecule has 3 aromatic heterocycles. The number of Topliss-reactive ketones (excluding diaryl/α,β-unsaturated/α-hetero) is 1. The second kappa shape index (κ2) is 5.88. The third-order valence-corrected chi connectivity index (χ3v) is 4.02. The summed E-state index contributed by atoms with van der Waals surface area (Å²) in [4.78, 5) is 32.4. The summed E-state index contributed by atoms with van der Waals surface area (Å²) in [5, 5.41) is 4.05. The second-order valence-electron chi connectivity index (χ2n) is 5.58. The molecule has 8 nitrogen and oxygen atoms in total. The minimum atomic E-state index is -0.751. The summed E-state index contributed by atoms with van der Waals surface area (Å²) in [5.41, 5.74) is 3.13. The molecule has 3 aromatic rings. The molecule has 124 valence electrons. The summed E-state index contributed by atoms with van der Waals surface area (Å²) < 4.78 is 8.41. The van der Waals surface area contributed by atoms with Gasteiger partial charge in [-0.15, -0.1) is 5.10 Å². The van der Waals surface area contributed by atoms with Crippen molar-refractivity contribution in [1.29, 1.82) is 0 Å². The molecule has 0 bridgehead atoms. The maximum absolute atomic E-state index is 12.2. The van der Waals surface area contributed by atoms with Crippen LogP contribution < -0.4 is 0 Å². The highest BCUT2D eigenvalue weighted by atomic mass is 16.5. The zero-order chi connectivity index (χ0) is 17.4. The number of carbonyl (C=O) groups excluding carboxylic acids is 2. The molecule has 0 aliphatic heterocycles. The van der Waals surface area contributed by atoms with Gasteiger partial charge in [-0.05, 0) is 32.9 Å². The van der Waals surface area contributed by atoms with Crippen LogP contribution in [0.5, 0.6) is 0 Å². The molecule has 0 amide bonds. The predicted octanol–water partition coefficient (Wildman–Crippen LogP) is 1.43. The van der Waals surface area contributed by atoms with E-state index in [4.69, 9.17) is 4.74 Å². The zero-order valence-electron chi connectivity index (χ0n) is 13.9. The van der Waals surface area contributed by atoms with Gasteiger partial charge in [0.05, 0.1) is 0 Å². The first-order valence-corrected chi connectivity index (χ1v) is 7.40. The molecule has 3 heterocycles. The van der Waals surface area contributed by atoms with Crippen molar-refractivity contribution < 1.29 is 14.3 Å². The monoisotopic (exact) mass is 327 g/mol. The Morgan fingerprint density at radius 3 is 2.58 bits per heavy atom. The Kier molecular flexibility index (Phi) is 3.88. The Morgan fingerprint density at radius 1 is 1.21 bits per heavy atom. The van der Waals surface area contributed by atoms with Gasteiger partial charge in [0.25, 0.3) is 11.6 Å². The van der Waals surface area contributed by atoms with E-state index in [-0.39, 0.29) is 18.2 Å². The summed E-state index contributed by atoms with van der Waals surface area (Å²) in [6, 6.07) is 3.53. The first-order chi connectivity index (χ1) is 11.4. The SMILES string of the molecule is Cc1cc(C(=O)COC(=O)c2nc3nccc(C)n3n2)c(C)n1C. The highest BCUT2D eigenvalue weighted by Crippen LogP contribution is 2.14. The van der Waals surface area contributed by atoms with Crippen molar-refractivity contribution >= 4 is 17.5 Å². The van der Waals surface area contributed by atoms with Gasteiger partial charge in [-0.25, -0.2) is 14.3 Å². The Labute approximate surface area is 138 Å². The van der Waals surface area contributed by atoms with E-state index in [1.807, 2.05) is 32.4 Å². The fourth-order valence-corrected chi connectivity index (χ4v) is 2.40. The van der Waals surface area contributed by atoms with Crippen LogP contribution in [0.25, 0.3) is 5.78 Å². The molecule has 0 atom stereocenters. The van der Waals surface area contributed by atoms with Crippen LogP contribution in [0.4, 0.5) is 0 Å². The average Bonchev–Trinajstić information content (AvgIpc) is 3.10. The predicted molar refractivity (Wildman–Crippen MR) is 85.0 cm³/mol. The van der Waals surface area contributed by atoms with Gasteiger partial charge in [0.2, 0.25) is 5.78 Å². The van der Waals surface area contributed by atoms with Crippen molar-refractivity contribution in [2.24, 2.45) is 7.05 Å². The van der Waals surface area contributed by atoms with Gasteiger partial charge >= 0.3 is 5.97 Å². The van der Waals surface area contributed by atoms with Crippen LogP contribution in [0.15, 0.2) is 18.3 Å². The van der Waals surface area contributed by atoms with Crippen molar-refractivity contribution in [1.82, 2.24) is 24.1 Å². The van der Waals surface area contributed by atoms with Crippen LogP contribution in [0.3, 0.4) is 0 Å². The van der Waals surface area contributed by atoms with Crippen LogP contribution >= 0.6 is 0 Å². The molecule has 0 spiro atoms. The van der Waals surface area contributed by atoms with E-state index in [0.29, 0.717) is 11.3 Å². The number of hydrogen-bond donors (Lipinski definition) is 0. The molecule has 0 aliphatic rings. The van der Waals surface area contributed by atoms with E-state index in [1.165, 1.54) is 4.52 Å². The molecule has 0 aliphatic carbocycles. The molecule has 3 rings (SSSR count). The fraction of sp³-hybridized carbons (Fsp3) is 0.312. The normalized spacial score (nSPS) is 11.0. The summed E-state index contributed by atoms with van der Waals surface area (Å²) in [6.45, 7) is 5.22. The van der Waals surface area contributed by atoms with Crippen LogP contribution in [0.2, 0.25) is 0 Å². The molecule has 0 N–H and O–H groups in total. The minimum Gasteiger partial charge on any atom is -0.451 e. The number of rotatable bonds is 4. The summed E-state index contributed by atoms with van der Waals surface area (Å²) in [6.07, 6.45) is 1.58. The molecule has 0 radical (unpaired) electrons. The molecule has 8 heteroatoms. The Bertz CT molecular complexity index is 954. The van der Waals surface area contributed by atoms with E-state index < -0.39 is 5.97 Å². The van der Waals surface area contributed by atoms with Crippen LogP contribution in [-0.2, 0) is 11.8 Å². The molecule has 24 heavy (non-hydrogen) atoms. The fourth-order valence-electron chi connectivity index (χ4n) is 2.40. The van der Waals surface area contributed by atoms with Gasteiger partial charge < -0.3 is 9.30 Å². The summed E-state index contributed by atoms with van der Waals surface area (Å²) >= 11 is 0. The largest absolute Gasteiger partial charge is 0.451 e. The Morgan fingerprint density at radius 2 is 1.96 bits per heavy atom. The van der Waals surface area contributed by atoms with E-state index in [0.717, 1.165) is 17.1 Å². The first kappa shape index (κ1) is 15.9. The lowest BCUT2D eigenvalue weighted by atomic mass is 10.1. The van der Waals surface area contributed by atoms with E-state index in [9.17, 15) is 9.59 Å². The number of ketones is 1. The Balaban J connectivity index is 1.73. The molecule has 0 fully saturated rings. The number of carbonyl (C=O) groups is 2. The number of esters is 1. The topological polar surface area (TPSA) is 91.4 Å². The maximum Gasteiger partial charge on any atom is 0.378 e. The standard InChI is InChI=1S/C16H17N5O3/c1-9-5-6-17-16-18-14(19-21(9)16)15(23)24-8-13(22)12-7-10(2)20(4)11(12)3/h5-7H,8H2,1-4H3. The number of ether oxygens (including phenoxy) is 1. The highest BCUT2D eigenvalue weighted by molar-refractivity contribution is 6.00.